The fraction of sp³-hybridized carbons (Fsp3) is 0.375. The van der Waals surface area contributed by atoms with Crippen LogP contribution in [0.15, 0.2) is 18.2 Å². The predicted octanol–water partition coefficient (Wildman–Crippen LogP) is 0.250. The zero-order valence-electron chi connectivity index (χ0n) is 13.6. The van der Waals surface area contributed by atoms with E-state index in [4.69, 9.17) is 11.6 Å². The smallest absolute Gasteiger partial charge is 0.359 e. The van der Waals surface area contributed by atoms with Gasteiger partial charge in [0, 0.05) is 24.5 Å². The number of nitrogens with one attached hydrogen (secondary N) is 1. The summed E-state index contributed by atoms with van der Waals surface area (Å²) in [6, 6.07) is 5.70. The Balaban J connectivity index is 0. The molecule has 1 rings (SSSR count). The van der Waals surface area contributed by atoms with Crippen LogP contribution in [-0.2, 0) is 4.79 Å². The minimum atomic E-state index is -0.0475. The fourth-order valence-corrected chi connectivity index (χ4v) is 2.29. The van der Waals surface area contributed by atoms with Crippen molar-refractivity contribution in [1.82, 2.24) is 10.2 Å². The van der Waals surface area contributed by atoms with Crippen molar-refractivity contribution < 1.29 is 23.7 Å². The molecule has 0 radical (unpaired) electrons. The van der Waals surface area contributed by atoms with Crippen LogP contribution < -0.4 is 24.2 Å². The Hall–Kier alpha value is -0.463. The van der Waals surface area contributed by atoms with Crippen molar-refractivity contribution in [1.29, 1.82) is 0 Å². The van der Waals surface area contributed by atoms with E-state index in [0.29, 0.717) is 24.5 Å². The second-order valence-electron chi connectivity index (χ2n) is 4.43. The molecule has 114 valence electrons. The topological polar surface area (TPSA) is 32.3 Å². The van der Waals surface area contributed by atoms with Crippen LogP contribution in [0, 0.1) is 28.2 Å². The molecule has 0 aliphatic heterocycles. The van der Waals surface area contributed by atoms with Crippen LogP contribution in [0.4, 0.5) is 0 Å². The van der Waals surface area contributed by atoms with Gasteiger partial charge in [0.05, 0.1) is 0 Å². The molecule has 21 heavy (non-hydrogen) atoms. The second kappa shape index (κ2) is 11.2. The summed E-state index contributed by atoms with van der Waals surface area (Å²) in [5.41, 5.74) is 2.17. The van der Waals surface area contributed by atoms with E-state index in [1.54, 1.807) is 7.05 Å². The summed E-state index contributed by atoms with van der Waals surface area (Å²) < 4.78 is 0. The summed E-state index contributed by atoms with van der Waals surface area (Å²) in [5, 5.41) is 3.34. The van der Waals surface area contributed by atoms with Gasteiger partial charge >= 0.3 is 18.9 Å². The van der Waals surface area contributed by atoms with Crippen LogP contribution in [-0.4, -0.2) is 30.9 Å². The van der Waals surface area contributed by atoms with Crippen LogP contribution in [0.5, 0.6) is 0 Å². The quantitative estimate of drug-likeness (QED) is 0.603. The first-order chi connectivity index (χ1) is 9.03. The summed E-state index contributed by atoms with van der Waals surface area (Å²) in [6.07, 6.45) is 0.378. The number of benzene rings is 1. The maximum absolute atomic E-state index is 11.7. The number of hydrogen-bond donors (Lipinski definition) is 1. The Morgan fingerprint density at radius 3 is 2.43 bits per heavy atom. The summed E-state index contributed by atoms with van der Waals surface area (Å²) >= 11 is 6.07. The molecule has 1 aromatic rings. The number of carbonyl (C=O) groups is 1. The summed E-state index contributed by atoms with van der Waals surface area (Å²) in [5.74, 6) is -0.00345. The summed E-state index contributed by atoms with van der Waals surface area (Å²) in [6.45, 7) is 11.0. The zero-order valence-corrected chi connectivity index (χ0v) is 14.3. The second-order valence-corrected chi connectivity index (χ2v) is 4.87. The molecule has 1 aromatic carbocycles. The molecule has 0 bridgehead atoms. The maximum atomic E-state index is 11.7. The third kappa shape index (κ3) is 6.44. The third-order valence-electron chi connectivity index (χ3n) is 3.27. The SMILES string of the molecule is [CH2-]CN(C[CH2-])[C@@H](CC(=O)NC)c1cc(Cl)ccc1C.[CH3-].[Li+]. The molecule has 0 saturated heterocycles. The molecule has 0 saturated carbocycles. The van der Waals surface area contributed by atoms with Crippen molar-refractivity contribution in [2.24, 2.45) is 0 Å². The molecule has 0 aromatic heterocycles. The van der Waals surface area contributed by atoms with Gasteiger partial charge < -0.3 is 31.5 Å². The van der Waals surface area contributed by atoms with Gasteiger partial charge in [0.1, 0.15) is 0 Å². The Morgan fingerprint density at radius 2 is 1.95 bits per heavy atom. The number of amides is 1. The molecule has 5 heteroatoms. The first-order valence-electron chi connectivity index (χ1n) is 6.32. The van der Waals surface area contributed by atoms with E-state index in [1.165, 1.54) is 0 Å². The van der Waals surface area contributed by atoms with Crippen LogP contribution in [0.2, 0.25) is 5.02 Å². The summed E-state index contributed by atoms with van der Waals surface area (Å²) in [4.78, 5) is 13.8. The number of rotatable bonds is 6. The standard InChI is InChI=1S/C15H21ClN2O.CH3.Li/c1-5-18(6-2)14(10-15(19)17-4)13-9-12(16)8-7-11(13)3;;/h7-9,14H,1-2,5-6,10H2,3-4H3,(H,17,19);1H3;/q-2;-1;+1/t14-;;/m0../s1. The van der Waals surface area contributed by atoms with E-state index in [0.717, 1.165) is 11.1 Å². The van der Waals surface area contributed by atoms with Crippen LogP contribution in [0.3, 0.4) is 0 Å². The minimum absolute atomic E-state index is 0. The Kier molecular flexibility index (Phi) is 12.1. The minimum Gasteiger partial charge on any atom is -0.359 e. The van der Waals surface area contributed by atoms with Crippen molar-refractivity contribution in [3.05, 3.63) is 55.6 Å². The van der Waals surface area contributed by atoms with Crippen LogP contribution in [0.25, 0.3) is 0 Å². The molecule has 0 unspecified atom stereocenters. The number of aryl methyl sites for hydroxylation is 1. The molecule has 0 fully saturated rings. The van der Waals surface area contributed by atoms with E-state index in [-0.39, 0.29) is 38.2 Å². The van der Waals surface area contributed by atoms with Crippen LogP contribution in [0.1, 0.15) is 23.6 Å². The van der Waals surface area contributed by atoms with Gasteiger partial charge in [0.2, 0.25) is 5.91 Å². The zero-order chi connectivity index (χ0) is 14.4. The molecule has 0 heterocycles. The average molecular weight is 303 g/mol. The van der Waals surface area contributed by atoms with Crippen molar-refractivity contribution in [2.45, 2.75) is 19.4 Å². The van der Waals surface area contributed by atoms with Crippen molar-refractivity contribution >= 4 is 17.5 Å². The summed E-state index contributed by atoms with van der Waals surface area (Å²) in [7, 11) is 1.64. The number of halogens is 1. The Morgan fingerprint density at radius 1 is 1.38 bits per heavy atom. The van der Waals surface area contributed by atoms with Crippen molar-refractivity contribution in [2.75, 3.05) is 20.1 Å². The molecule has 1 amide bonds. The normalized spacial score (nSPS) is 11.3. The molecule has 1 N–H and O–H groups in total. The van der Waals surface area contributed by atoms with E-state index < -0.39 is 0 Å². The first-order valence-corrected chi connectivity index (χ1v) is 6.70. The number of nitrogens with zero attached hydrogens (tertiary/aromatic N) is 1. The van der Waals surface area contributed by atoms with Crippen LogP contribution >= 0.6 is 11.6 Å². The molecule has 3 nitrogen and oxygen atoms in total. The Labute approximate surface area is 146 Å². The molecular weight excluding hydrogens is 279 g/mol. The van der Waals surface area contributed by atoms with Gasteiger partial charge in [-0.3, -0.25) is 4.79 Å². The average Bonchev–Trinajstić information content (AvgIpc) is 2.41. The van der Waals surface area contributed by atoms with Gasteiger partial charge in [-0.1, -0.05) is 17.7 Å². The van der Waals surface area contributed by atoms with E-state index in [1.807, 2.05) is 25.1 Å². The number of hydrogen-bond acceptors (Lipinski definition) is 2. The molecule has 1 atom stereocenters. The van der Waals surface area contributed by atoms with Crippen molar-refractivity contribution in [3.8, 4) is 0 Å². The van der Waals surface area contributed by atoms with Gasteiger partial charge in [-0.25, -0.2) is 0 Å². The third-order valence-corrected chi connectivity index (χ3v) is 3.51. The van der Waals surface area contributed by atoms with Gasteiger partial charge in [-0.2, -0.15) is 0 Å². The monoisotopic (exact) mass is 302 g/mol. The Bertz CT molecular complexity index is 436. The van der Waals surface area contributed by atoms with Gasteiger partial charge in [-0.15, -0.1) is 13.1 Å². The van der Waals surface area contributed by atoms with Gasteiger partial charge in [0.25, 0.3) is 0 Å². The molecule has 0 spiro atoms. The fourth-order valence-electron chi connectivity index (χ4n) is 2.11. The molecule has 0 aliphatic carbocycles. The van der Waals surface area contributed by atoms with Crippen molar-refractivity contribution in [3.63, 3.8) is 0 Å². The maximum Gasteiger partial charge on any atom is 1.00 e. The van der Waals surface area contributed by atoms with Gasteiger partial charge in [0.15, 0.2) is 0 Å². The largest absolute Gasteiger partial charge is 1.00 e. The van der Waals surface area contributed by atoms with E-state index in [9.17, 15) is 4.79 Å². The first kappa shape index (κ1) is 22.8. The predicted molar refractivity (Wildman–Crippen MR) is 86.3 cm³/mol. The number of carbonyl (C=O) groups excluding carboxylic acids is 1. The van der Waals surface area contributed by atoms with E-state index >= 15 is 0 Å². The molecule has 0 aliphatic rings. The molecular formula is C16H24ClLiN2O-2. The van der Waals surface area contributed by atoms with Gasteiger partial charge in [-0.05, 0) is 30.2 Å². The van der Waals surface area contributed by atoms with E-state index in [2.05, 4.69) is 24.1 Å².